The third kappa shape index (κ3) is 3.62. The van der Waals surface area contributed by atoms with E-state index < -0.39 is 0 Å². The molecule has 0 spiro atoms. The maximum absolute atomic E-state index is 12.5. The topological polar surface area (TPSA) is 67.8 Å². The van der Waals surface area contributed by atoms with Gasteiger partial charge in [0.25, 0.3) is 0 Å². The third-order valence-electron chi connectivity index (χ3n) is 3.67. The summed E-state index contributed by atoms with van der Waals surface area (Å²) >= 11 is 4.44. The smallest absolute Gasteiger partial charge is 0.239 e. The number of thiazole rings is 1. The molecule has 8 heteroatoms. The van der Waals surface area contributed by atoms with Gasteiger partial charge in [0.05, 0.1) is 21.2 Å². The number of anilines is 1. The predicted molar refractivity (Wildman–Crippen MR) is 109 cm³/mol. The van der Waals surface area contributed by atoms with Crippen molar-refractivity contribution in [3.05, 3.63) is 53.5 Å². The second-order valence-corrected chi connectivity index (χ2v) is 8.57. The summed E-state index contributed by atoms with van der Waals surface area (Å²) in [5, 5.41) is 7.97. The van der Waals surface area contributed by atoms with Crippen molar-refractivity contribution >= 4 is 55.7 Å². The Morgan fingerprint density at radius 3 is 2.85 bits per heavy atom. The lowest BCUT2D eigenvalue weighted by molar-refractivity contribution is -0.115. The third-order valence-corrected chi connectivity index (χ3v) is 6.57. The molecule has 4 rings (SSSR count). The molecule has 0 fully saturated rings. The van der Waals surface area contributed by atoms with E-state index in [1.165, 1.54) is 29.4 Å². The van der Waals surface area contributed by atoms with E-state index in [9.17, 15) is 4.79 Å². The number of fused-ring (bicyclic) bond motifs is 1. The van der Waals surface area contributed by atoms with Crippen LogP contribution >= 0.6 is 34.4 Å². The molecule has 1 atom stereocenters. The normalized spacial score (nSPS) is 12.2. The number of thiophene rings is 1. The number of nitrogens with zero attached hydrogens (tertiary/aromatic N) is 3. The van der Waals surface area contributed by atoms with Crippen LogP contribution in [0.1, 0.15) is 6.92 Å². The Morgan fingerprint density at radius 2 is 2.00 bits per heavy atom. The van der Waals surface area contributed by atoms with Gasteiger partial charge >= 0.3 is 0 Å². The lowest BCUT2D eigenvalue weighted by atomic mass is 10.2. The molecule has 0 saturated heterocycles. The standard InChI is InChI=1S/C18H14N4OS3/c1-11(26-17-15-13(7-8-24-15)19-10-20-17)16(23)22-18-21-14(9-25-18)12-5-3-2-4-6-12/h2-11H,1H3,(H,21,22,23)/t11-/m1/s1. The minimum absolute atomic E-state index is 0.0905. The second-order valence-electron chi connectivity index (χ2n) is 5.47. The first-order valence-electron chi connectivity index (χ1n) is 7.87. The van der Waals surface area contributed by atoms with Gasteiger partial charge in [-0.2, -0.15) is 0 Å². The summed E-state index contributed by atoms with van der Waals surface area (Å²) in [6, 6.07) is 11.9. The van der Waals surface area contributed by atoms with E-state index in [4.69, 9.17) is 0 Å². The van der Waals surface area contributed by atoms with Crippen LogP contribution in [0.15, 0.2) is 58.5 Å². The molecule has 1 amide bonds. The highest BCUT2D eigenvalue weighted by Gasteiger charge is 2.19. The van der Waals surface area contributed by atoms with Crippen molar-refractivity contribution in [2.75, 3.05) is 5.32 Å². The first-order valence-corrected chi connectivity index (χ1v) is 10.5. The molecule has 3 aromatic heterocycles. The average Bonchev–Trinajstić information content (AvgIpc) is 3.32. The summed E-state index contributed by atoms with van der Waals surface area (Å²) in [5.74, 6) is -0.0905. The SMILES string of the molecule is C[C@@H](Sc1ncnc2ccsc12)C(=O)Nc1nc(-c2ccccc2)cs1. The molecule has 130 valence electrons. The number of aromatic nitrogens is 3. The minimum atomic E-state index is -0.292. The van der Waals surface area contributed by atoms with E-state index in [2.05, 4.69) is 20.3 Å². The first-order chi connectivity index (χ1) is 12.7. The van der Waals surface area contributed by atoms with Gasteiger partial charge in [-0.15, -0.1) is 22.7 Å². The molecule has 0 aliphatic heterocycles. The van der Waals surface area contributed by atoms with Gasteiger partial charge in [0.1, 0.15) is 11.4 Å². The van der Waals surface area contributed by atoms with Gasteiger partial charge in [0.2, 0.25) is 5.91 Å². The van der Waals surface area contributed by atoms with Crippen LogP contribution in [0.5, 0.6) is 0 Å². The lowest BCUT2D eigenvalue weighted by Gasteiger charge is -2.10. The maximum Gasteiger partial charge on any atom is 0.239 e. The van der Waals surface area contributed by atoms with E-state index in [1.54, 1.807) is 11.3 Å². The molecule has 0 unspecified atom stereocenters. The maximum atomic E-state index is 12.5. The van der Waals surface area contributed by atoms with Crippen LogP contribution in [0.3, 0.4) is 0 Å². The highest BCUT2D eigenvalue weighted by Crippen LogP contribution is 2.32. The molecule has 5 nitrogen and oxygen atoms in total. The van der Waals surface area contributed by atoms with E-state index >= 15 is 0 Å². The fourth-order valence-corrected chi connectivity index (χ4v) is 4.91. The number of amides is 1. The summed E-state index contributed by atoms with van der Waals surface area (Å²) in [7, 11) is 0. The Labute approximate surface area is 162 Å². The monoisotopic (exact) mass is 398 g/mol. The van der Waals surface area contributed by atoms with Crippen LogP contribution in [-0.4, -0.2) is 26.1 Å². The van der Waals surface area contributed by atoms with Crippen LogP contribution in [0, 0.1) is 0 Å². The zero-order valence-electron chi connectivity index (χ0n) is 13.7. The number of hydrogen-bond acceptors (Lipinski definition) is 7. The number of thioether (sulfide) groups is 1. The van der Waals surface area contributed by atoms with Crippen LogP contribution in [0.25, 0.3) is 21.5 Å². The first kappa shape index (κ1) is 17.1. The zero-order chi connectivity index (χ0) is 17.9. The van der Waals surface area contributed by atoms with Crippen LogP contribution in [0.4, 0.5) is 5.13 Å². The van der Waals surface area contributed by atoms with Crippen LogP contribution in [0.2, 0.25) is 0 Å². The molecule has 0 aliphatic carbocycles. The quantitative estimate of drug-likeness (QED) is 0.381. The number of carbonyl (C=O) groups is 1. The molecular formula is C18H14N4OS3. The van der Waals surface area contributed by atoms with Crippen molar-refractivity contribution in [2.24, 2.45) is 0 Å². The number of rotatable bonds is 5. The molecule has 1 N–H and O–H groups in total. The van der Waals surface area contributed by atoms with Crippen molar-refractivity contribution in [1.82, 2.24) is 15.0 Å². The van der Waals surface area contributed by atoms with Gasteiger partial charge in [-0.25, -0.2) is 15.0 Å². The summed E-state index contributed by atoms with van der Waals surface area (Å²) in [6.07, 6.45) is 1.54. The minimum Gasteiger partial charge on any atom is -0.301 e. The molecule has 0 bridgehead atoms. The summed E-state index contributed by atoms with van der Waals surface area (Å²) in [5.41, 5.74) is 2.81. The van der Waals surface area contributed by atoms with Crippen molar-refractivity contribution in [3.63, 3.8) is 0 Å². The van der Waals surface area contributed by atoms with Crippen molar-refractivity contribution in [3.8, 4) is 11.3 Å². The number of benzene rings is 1. The molecule has 4 aromatic rings. The molecule has 0 radical (unpaired) electrons. The highest BCUT2D eigenvalue weighted by molar-refractivity contribution is 8.00. The average molecular weight is 399 g/mol. The van der Waals surface area contributed by atoms with E-state index in [1.807, 2.05) is 54.1 Å². The van der Waals surface area contributed by atoms with Gasteiger partial charge in [-0.3, -0.25) is 4.79 Å². The van der Waals surface area contributed by atoms with E-state index in [0.29, 0.717) is 5.13 Å². The van der Waals surface area contributed by atoms with Gasteiger partial charge in [-0.1, -0.05) is 42.1 Å². The van der Waals surface area contributed by atoms with Gasteiger partial charge in [0, 0.05) is 10.9 Å². The summed E-state index contributed by atoms with van der Waals surface area (Å²) in [6.45, 7) is 1.87. The second kappa shape index (κ2) is 7.53. The van der Waals surface area contributed by atoms with Gasteiger partial charge < -0.3 is 5.32 Å². The predicted octanol–water partition coefficient (Wildman–Crippen LogP) is 4.93. The Hall–Kier alpha value is -2.29. The van der Waals surface area contributed by atoms with Crippen LogP contribution in [-0.2, 0) is 4.79 Å². The van der Waals surface area contributed by atoms with Gasteiger partial charge in [-0.05, 0) is 18.4 Å². The number of nitrogens with one attached hydrogen (secondary N) is 1. The van der Waals surface area contributed by atoms with Gasteiger partial charge in [0.15, 0.2) is 5.13 Å². The highest BCUT2D eigenvalue weighted by atomic mass is 32.2. The van der Waals surface area contributed by atoms with Crippen molar-refractivity contribution in [2.45, 2.75) is 17.2 Å². The zero-order valence-corrected chi connectivity index (χ0v) is 16.2. The summed E-state index contributed by atoms with van der Waals surface area (Å²) < 4.78 is 1.01. The molecule has 0 aliphatic rings. The largest absolute Gasteiger partial charge is 0.301 e. The fraction of sp³-hybridized carbons (Fsp3) is 0.111. The van der Waals surface area contributed by atoms with E-state index in [-0.39, 0.29) is 11.2 Å². The molecule has 1 aromatic carbocycles. The van der Waals surface area contributed by atoms with Crippen molar-refractivity contribution < 1.29 is 4.79 Å². The Morgan fingerprint density at radius 1 is 1.15 bits per heavy atom. The number of carbonyl (C=O) groups excluding carboxylic acids is 1. The molecule has 0 saturated carbocycles. The lowest BCUT2D eigenvalue weighted by Crippen LogP contribution is -2.22. The Kier molecular flexibility index (Phi) is 4.96. The summed E-state index contributed by atoms with van der Waals surface area (Å²) in [4.78, 5) is 25.6. The number of hydrogen-bond donors (Lipinski definition) is 1. The Bertz CT molecular complexity index is 1040. The Balaban J connectivity index is 1.45. The molecular weight excluding hydrogens is 384 g/mol. The van der Waals surface area contributed by atoms with Crippen LogP contribution < -0.4 is 5.32 Å². The molecule has 3 heterocycles. The fourth-order valence-electron chi connectivity index (χ4n) is 2.35. The molecule has 26 heavy (non-hydrogen) atoms. The van der Waals surface area contributed by atoms with Crippen molar-refractivity contribution in [1.29, 1.82) is 0 Å². The van der Waals surface area contributed by atoms with E-state index in [0.717, 1.165) is 26.5 Å².